The molecule has 2 aromatic rings. The summed E-state index contributed by atoms with van der Waals surface area (Å²) in [7, 11) is -3.55. The third kappa shape index (κ3) is 4.45. The van der Waals surface area contributed by atoms with Gasteiger partial charge in [0.25, 0.3) is 0 Å². The number of aromatic nitrogens is 1. The lowest BCUT2D eigenvalue weighted by Crippen LogP contribution is -2.40. The average molecular weight is 360 g/mol. The summed E-state index contributed by atoms with van der Waals surface area (Å²) < 4.78 is 33.7. The minimum absolute atomic E-state index is 0.118. The van der Waals surface area contributed by atoms with Crippen molar-refractivity contribution in [3.8, 4) is 0 Å². The standard InChI is InChI=1S/C19H24N2O3S/c1-14(2)16-3-5-18(6-4-16)25(22,23)21-19-13-24-12-17(19)11-15-7-9-20-10-8-15/h3-10,14,17,19,21H,11-13H2,1-2H3/t17-,19-/m1/s1. The molecule has 0 bridgehead atoms. The molecule has 25 heavy (non-hydrogen) atoms. The van der Waals surface area contributed by atoms with Gasteiger partial charge in [0.2, 0.25) is 10.0 Å². The Morgan fingerprint density at radius 1 is 1.12 bits per heavy atom. The van der Waals surface area contributed by atoms with E-state index in [9.17, 15) is 8.42 Å². The van der Waals surface area contributed by atoms with Crippen molar-refractivity contribution in [3.05, 3.63) is 59.9 Å². The zero-order valence-corrected chi connectivity index (χ0v) is 15.4. The SMILES string of the molecule is CC(C)c1ccc(S(=O)(=O)N[C@@H]2COC[C@H]2Cc2ccncc2)cc1. The highest BCUT2D eigenvalue weighted by molar-refractivity contribution is 7.89. The highest BCUT2D eigenvalue weighted by Crippen LogP contribution is 2.22. The number of nitrogens with zero attached hydrogens (tertiary/aromatic N) is 1. The summed E-state index contributed by atoms with van der Waals surface area (Å²) in [5.41, 5.74) is 2.26. The highest BCUT2D eigenvalue weighted by Gasteiger charge is 2.32. The Hall–Kier alpha value is -1.76. The van der Waals surface area contributed by atoms with Crippen LogP contribution in [0.1, 0.15) is 30.9 Å². The molecule has 134 valence electrons. The monoisotopic (exact) mass is 360 g/mol. The number of benzene rings is 1. The maximum absolute atomic E-state index is 12.7. The maximum Gasteiger partial charge on any atom is 0.240 e. The van der Waals surface area contributed by atoms with E-state index < -0.39 is 10.0 Å². The molecule has 1 saturated heterocycles. The summed E-state index contributed by atoms with van der Waals surface area (Å²) in [6.45, 7) is 5.13. The highest BCUT2D eigenvalue weighted by atomic mass is 32.2. The summed E-state index contributed by atoms with van der Waals surface area (Å²) >= 11 is 0. The van der Waals surface area contributed by atoms with Crippen LogP contribution in [-0.4, -0.2) is 32.7 Å². The molecular formula is C19H24N2O3S. The first-order chi connectivity index (χ1) is 12.0. The first kappa shape index (κ1) is 18.0. The number of hydrogen-bond donors (Lipinski definition) is 1. The smallest absolute Gasteiger partial charge is 0.240 e. The summed E-state index contributed by atoms with van der Waals surface area (Å²) in [6, 6.07) is 10.8. The van der Waals surface area contributed by atoms with E-state index >= 15 is 0 Å². The molecule has 1 aromatic carbocycles. The van der Waals surface area contributed by atoms with Gasteiger partial charge in [-0.3, -0.25) is 4.98 Å². The van der Waals surface area contributed by atoms with E-state index in [2.05, 4.69) is 23.6 Å². The van der Waals surface area contributed by atoms with Gasteiger partial charge in [-0.05, 0) is 47.7 Å². The van der Waals surface area contributed by atoms with Crippen molar-refractivity contribution in [3.63, 3.8) is 0 Å². The van der Waals surface area contributed by atoms with Crippen LogP contribution in [0.2, 0.25) is 0 Å². The largest absolute Gasteiger partial charge is 0.379 e. The number of rotatable bonds is 6. The molecule has 0 amide bonds. The van der Waals surface area contributed by atoms with Crippen LogP contribution in [0.15, 0.2) is 53.7 Å². The van der Waals surface area contributed by atoms with Crippen molar-refractivity contribution in [2.45, 2.75) is 37.1 Å². The van der Waals surface area contributed by atoms with Crippen molar-refractivity contribution in [1.82, 2.24) is 9.71 Å². The summed E-state index contributed by atoms with van der Waals surface area (Å²) in [6.07, 6.45) is 4.27. The van der Waals surface area contributed by atoms with Gasteiger partial charge in [-0.1, -0.05) is 26.0 Å². The summed E-state index contributed by atoms with van der Waals surface area (Å²) in [4.78, 5) is 4.31. The van der Waals surface area contributed by atoms with Gasteiger partial charge in [-0.15, -0.1) is 0 Å². The zero-order chi connectivity index (χ0) is 17.9. The normalized spacial score (nSPS) is 20.9. The molecule has 0 unspecified atom stereocenters. The third-order valence-electron chi connectivity index (χ3n) is 4.61. The topological polar surface area (TPSA) is 68.3 Å². The van der Waals surface area contributed by atoms with E-state index in [-0.39, 0.29) is 12.0 Å². The molecule has 2 atom stereocenters. The maximum atomic E-state index is 12.7. The van der Waals surface area contributed by atoms with Crippen molar-refractivity contribution >= 4 is 10.0 Å². The van der Waals surface area contributed by atoms with Crippen molar-refractivity contribution in [2.75, 3.05) is 13.2 Å². The van der Waals surface area contributed by atoms with Gasteiger partial charge in [0, 0.05) is 18.3 Å². The fraction of sp³-hybridized carbons (Fsp3) is 0.421. The van der Waals surface area contributed by atoms with Crippen LogP contribution in [0.25, 0.3) is 0 Å². The first-order valence-corrected chi connectivity index (χ1v) is 10.0. The van der Waals surface area contributed by atoms with Crippen LogP contribution in [0.3, 0.4) is 0 Å². The summed E-state index contributed by atoms with van der Waals surface area (Å²) in [5, 5.41) is 0. The predicted octanol–water partition coefficient (Wildman–Crippen LogP) is 2.74. The molecular weight excluding hydrogens is 336 g/mol. The van der Waals surface area contributed by atoms with E-state index in [1.165, 1.54) is 0 Å². The second-order valence-corrected chi connectivity index (χ2v) is 8.52. The van der Waals surface area contributed by atoms with E-state index in [4.69, 9.17) is 4.74 Å². The lowest BCUT2D eigenvalue weighted by molar-refractivity contribution is 0.183. The molecule has 1 N–H and O–H groups in total. The molecule has 0 saturated carbocycles. The van der Waals surface area contributed by atoms with Crippen LogP contribution in [-0.2, 0) is 21.2 Å². The number of sulfonamides is 1. The summed E-state index contributed by atoms with van der Waals surface area (Å²) in [5.74, 6) is 0.491. The van der Waals surface area contributed by atoms with Gasteiger partial charge in [0.15, 0.2) is 0 Å². The first-order valence-electron chi connectivity index (χ1n) is 8.54. The van der Waals surface area contributed by atoms with Gasteiger partial charge >= 0.3 is 0 Å². The molecule has 0 aliphatic carbocycles. The van der Waals surface area contributed by atoms with E-state index in [0.29, 0.717) is 24.0 Å². The average Bonchev–Trinajstić information content (AvgIpc) is 3.02. The number of ether oxygens (including phenoxy) is 1. The second-order valence-electron chi connectivity index (χ2n) is 6.81. The molecule has 1 fully saturated rings. The lowest BCUT2D eigenvalue weighted by Gasteiger charge is -2.19. The third-order valence-corrected chi connectivity index (χ3v) is 6.12. The zero-order valence-electron chi connectivity index (χ0n) is 14.6. The quantitative estimate of drug-likeness (QED) is 0.860. The molecule has 0 spiro atoms. The second kappa shape index (κ2) is 7.64. The van der Waals surface area contributed by atoms with E-state index in [1.54, 1.807) is 24.5 Å². The Bertz CT molecular complexity index is 789. The number of nitrogens with one attached hydrogen (secondary N) is 1. The van der Waals surface area contributed by atoms with Gasteiger partial charge in [0.05, 0.1) is 24.2 Å². The molecule has 6 heteroatoms. The molecule has 1 aliphatic rings. The Kier molecular flexibility index (Phi) is 5.51. The molecule has 5 nitrogen and oxygen atoms in total. The van der Waals surface area contributed by atoms with Gasteiger partial charge in [0.1, 0.15) is 0 Å². The molecule has 1 aliphatic heterocycles. The van der Waals surface area contributed by atoms with Crippen molar-refractivity contribution in [1.29, 1.82) is 0 Å². The Balaban J connectivity index is 1.71. The lowest BCUT2D eigenvalue weighted by atomic mass is 9.96. The molecule has 3 rings (SSSR count). The van der Waals surface area contributed by atoms with Crippen LogP contribution in [0.4, 0.5) is 0 Å². The van der Waals surface area contributed by atoms with Crippen molar-refractivity contribution in [2.24, 2.45) is 5.92 Å². The van der Waals surface area contributed by atoms with E-state index in [0.717, 1.165) is 17.5 Å². The van der Waals surface area contributed by atoms with Crippen LogP contribution < -0.4 is 4.72 Å². The predicted molar refractivity (Wildman–Crippen MR) is 96.9 cm³/mol. The van der Waals surface area contributed by atoms with Gasteiger partial charge < -0.3 is 4.74 Å². The van der Waals surface area contributed by atoms with Gasteiger partial charge in [-0.25, -0.2) is 13.1 Å². The van der Waals surface area contributed by atoms with Crippen LogP contribution in [0, 0.1) is 5.92 Å². The van der Waals surface area contributed by atoms with Crippen LogP contribution >= 0.6 is 0 Å². The molecule has 2 heterocycles. The van der Waals surface area contributed by atoms with Crippen LogP contribution in [0.5, 0.6) is 0 Å². The van der Waals surface area contributed by atoms with E-state index in [1.807, 2.05) is 24.3 Å². The van der Waals surface area contributed by atoms with Crippen molar-refractivity contribution < 1.29 is 13.2 Å². The minimum atomic E-state index is -3.55. The fourth-order valence-electron chi connectivity index (χ4n) is 3.05. The molecule has 0 radical (unpaired) electrons. The Morgan fingerprint density at radius 3 is 2.44 bits per heavy atom. The number of pyridine rings is 1. The molecule has 1 aromatic heterocycles. The number of hydrogen-bond acceptors (Lipinski definition) is 4. The Labute approximate surface area is 149 Å². The Morgan fingerprint density at radius 2 is 1.80 bits per heavy atom. The van der Waals surface area contributed by atoms with Gasteiger partial charge in [-0.2, -0.15) is 0 Å². The minimum Gasteiger partial charge on any atom is -0.379 e. The fourth-order valence-corrected chi connectivity index (χ4v) is 4.34.